The van der Waals surface area contributed by atoms with E-state index in [1.54, 1.807) is 24.3 Å². The lowest BCUT2D eigenvalue weighted by atomic mass is 9.67. The van der Waals surface area contributed by atoms with Crippen LogP contribution in [0, 0.1) is 16.6 Å². The van der Waals surface area contributed by atoms with E-state index in [9.17, 15) is 9.50 Å². The summed E-state index contributed by atoms with van der Waals surface area (Å²) in [5.74, 6) is -0.0620. The number of phenolic OH excluding ortho intramolecular Hbond substituents is 1. The second-order valence-electron chi connectivity index (χ2n) is 7.30. The van der Waals surface area contributed by atoms with Crippen LogP contribution < -0.4 is 11.1 Å². The van der Waals surface area contributed by atoms with Crippen molar-refractivity contribution in [3.63, 3.8) is 0 Å². The van der Waals surface area contributed by atoms with Crippen LogP contribution in [0.15, 0.2) is 84.1 Å². The number of benzene rings is 2. The molecule has 5 N–H and O–H groups in total. The van der Waals surface area contributed by atoms with Crippen molar-refractivity contribution < 1.29 is 9.50 Å². The number of aromatic hydroxyl groups is 1. The van der Waals surface area contributed by atoms with Gasteiger partial charge in [0.25, 0.3) is 0 Å². The zero-order valence-electron chi connectivity index (χ0n) is 16.3. The summed E-state index contributed by atoms with van der Waals surface area (Å²) in [6, 6.07) is 13.3. The molecular formula is C24H26FN3O. The third-order valence-electron chi connectivity index (χ3n) is 5.37. The molecule has 0 radical (unpaired) electrons. The minimum Gasteiger partial charge on any atom is -0.508 e. The molecule has 5 heteroatoms. The first-order valence-corrected chi connectivity index (χ1v) is 9.58. The highest BCUT2D eigenvalue weighted by atomic mass is 19.1. The maximum Gasteiger partial charge on any atom is 0.123 e. The number of allylic oxidation sites excluding steroid dienone is 3. The molecule has 29 heavy (non-hydrogen) atoms. The number of hydrogen-bond donors (Lipinski definition) is 4. The lowest BCUT2D eigenvalue weighted by molar-refractivity contribution is 0.434. The van der Waals surface area contributed by atoms with E-state index < -0.39 is 0 Å². The van der Waals surface area contributed by atoms with Crippen molar-refractivity contribution in [3.8, 4) is 5.75 Å². The average Bonchev–Trinajstić information content (AvgIpc) is 2.73. The Hall–Kier alpha value is -3.18. The van der Waals surface area contributed by atoms with Crippen LogP contribution >= 0.6 is 0 Å². The molecule has 1 aliphatic carbocycles. The van der Waals surface area contributed by atoms with Crippen molar-refractivity contribution in [2.24, 2.45) is 11.1 Å². The zero-order chi connectivity index (χ0) is 20.9. The SMILES string of the molecule is C=CC1(Cc2ccc(O)cc2)CC(C=N)=C(Nc2ccc(F)cc2)C=C1CCN. The quantitative estimate of drug-likeness (QED) is 0.380. The van der Waals surface area contributed by atoms with Crippen LogP contribution in [-0.4, -0.2) is 17.9 Å². The van der Waals surface area contributed by atoms with E-state index in [2.05, 4.69) is 11.9 Å². The molecule has 3 rings (SSSR count). The molecule has 1 atom stereocenters. The summed E-state index contributed by atoms with van der Waals surface area (Å²) in [4.78, 5) is 0. The highest BCUT2D eigenvalue weighted by molar-refractivity contribution is 5.81. The van der Waals surface area contributed by atoms with Crippen molar-refractivity contribution in [3.05, 3.63) is 95.5 Å². The predicted molar refractivity (Wildman–Crippen MR) is 117 cm³/mol. The van der Waals surface area contributed by atoms with Crippen LogP contribution in [0.2, 0.25) is 0 Å². The van der Waals surface area contributed by atoms with Gasteiger partial charge >= 0.3 is 0 Å². The molecule has 0 saturated carbocycles. The zero-order valence-corrected chi connectivity index (χ0v) is 16.3. The number of hydrogen-bond acceptors (Lipinski definition) is 4. The van der Waals surface area contributed by atoms with E-state index in [1.165, 1.54) is 18.3 Å². The van der Waals surface area contributed by atoms with Gasteiger partial charge in [0, 0.05) is 23.0 Å². The van der Waals surface area contributed by atoms with Crippen molar-refractivity contribution in [1.29, 1.82) is 5.41 Å². The van der Waals surface area contributed by atoms with Gasteiger partial charge in [-0.25, -0.2) is 4.39 Å². The second kappa shape index (κ2) is 8.88. The van der Waals surface area contributed by atoms with Crippen molar-refractivity contribution >= 4 is 11.9 Å². The lowest BCUT2D eigenvalue weighted by Crippen LogP contribution is -2.30. The van der Waals surface area contributed by atoms with Crippen LogP contribution in [-0.2, 0) is 6.42 Å². The highest BCUT2D eigenvalue weighted by Gasteiger charge is 2.35. The lowest BCUT2D eigenvalue weighted by Gasteiger charge is -2.38. The van der Waals surface area contributed by atoms with Gasteiger partial charge < -0.3 is 21.6 Å². The van der Waals surface area contributed by atoms with Crippen LogP contribution in [0.25, 0.3) is 0 Å². The van der Waals surface area contributed by atoms with Gasteiger partial charge in [-0.1, -0.05) is 23.8 Å². The van der Waals surface area contributed by atoms with Crippen molar-refractivity contribution in [2.45, 2.75) is 19.3 Å². The first-order valence-electron chi connectivity index (χ1n) is 9.58. The highest BCUT2D eigenvalue weighted by Crippen LogP contribution is 2.45. The number of nitrogens with one attached hydrogen (secondary N) is 2. The van der Waals surface area contributed by atoms with E-state index in [-0.39, 0.29) is 17.0 Å². The van der Waals surface area contributed by atoms with E-state index >= 15 is 0 Å². The fourth-order valence-electron chi connectivity index (χ4n) is 3.80. The fourth-order valence-corrected chi connectivity index (χ4v) is 3.80. The van der Waals surface area contributed by atoms with E-state index in [0.29, 0.717) is 25.8 Å². The van der Waals surface area contributed by atoms with Gasteiger partial charge in [0.2, 0.25) is 0 Å². The number of rotatable bonds is 8. The van der Waals surface area contributed by atoms with Gasteiger partial charge in [-0.3, -0.25) is 0 Å². The van der Waals surface area contributed by atoms with E-state index in [4.69, 9.17) is 11.1 Å². The first kappa shape index (κ1) is 20.6. The Balaban J connectivity index is 1.97. The Kier molecular flexibility index (Phi) is 6.29. The molecule has 0 heterocycles. The molecule has 0 aromatic heterocycles. The Bertz CT molecular complexity index is 945. The Labute approximate surface area is 170 Å². The smallest absolute Gasteiger partial charge is 0.123 e. The molecule has 1 aliphatic rings. The van der Waals surface area contributed by atoms with Crippen LogP contribution in [0.3, 0.4) is 0 Å². The van der Waals surface area contributed by atoms with Gasteiger partial charge in [0.05, 0.1) is 0 Å². The molecule has 0 fully saturated rings. The fraction of sp³-hybridized carbons (Fsp3) is 0.208. The number of halogens is 1. The standard InChI is InChI=1S/C24H26FN3O/c1-2-24(14-17-3-9-22(29)10-4-17)15-18(16-27)23(13-19(24)11-12-26)28-21-7-5-20(25)6-8-21/h2-10,13,16,27-29H,1,11-12,14-15,26H2. The summed E-state index contributed by atoms with van der Waals surface area (Å²) in [6.07, 6.45) is 7.35. The topological polar surface area (TPSA) is 82.1 Å². The maximum atomic E-state index is 13.2. The summed E-state index contributed by atoms with van der Waals surface area (Å²) in [5.41, 5.74) is 10.2. The third-order valence-corrected chi connectivity index (χ3v) is 5.37. The van der Waals surface area contributed by atoms with Gasteiger partial charge in [-0.15, -0.1) is 6.58 Å². The number of anilines is 1. The van der Waals surface area contributed by atoms with E-state index in [0.717, 1.165) is 28.1 Å². The summed E-state index contributed by atoms with van der Waals surface area (Å²) < 4.78 is 13.2. The summed E-state index contributed by atoms with van der Waals surface area (Å²) in [7, 11) is 0. The average molecular weight is 391 g/mol. The van der Waals surface area contributed by atoms with Gasteiger partial charge in [0.15, 0.2) is 0 Å². The maximum absolute atomic E-state index is 13.2. The van der Waals surface area contributed by atoms with Crippen molar-refractivity contribution in [1.82, 2.24) is 0 Å². The summed E-state index contributed by atoms with van der Waals surface area (Å²) in [6.45, 7) is 4.60. The minimum absolute atomic E-state index is 0.230. The molecule has 0 amide bonds. The molecular weight excluding hydrogens is 365 g/mol. The molecule has 1 unspecified atom stereocenters. The monoisotopic (exact) mass is 391 g/mol. The van der Waals surface area contributed by atoms with Crippen molar-refractivity contribution in [2.75, 3.05) is 11.9 Å². The molecule has 0 bridgehead atoms. The van der Waals surface area contributed by atoms with Crippen LogP contribution in [0.4, 0.5) is 10.1 Å². The van der Waals surface area contributed by atoms with Gasteiger partial charge in [-0.2, -0.15) is 0 Å². The summed E-state index contributed by atoms with van der Waals surface area (Å²) >= 11 is 0. The Morgan fingerprint density at radius 3 is 2.45 bits per heavy atom. The molecule has 2 aromatic rings. The summed E-state index contributed by atoms with van der Waals surface area (Å²) in [5, 5.41) is 20.8. The molecule has 2 aromatic carbocycles. The first-order chi connectivity index (χ1) is 14.0. The van der Waals surface area contributed by atoms with Gasteiger partial charge in [0.1, 0.15) is 11.6 Å². The Morgan fingerprint density at radius 2 is 1.86 bits per heavy atom. The second-order valence-corrected chi connectivity index (χ2v) is 7.30. The van der Waals surface area contributed by atoms with Gasteiger partial charge in [-0.05, 0) is 79.4 Å². The molecule has 0 aliphatic heterocycles. The minimum atomic E-state index is -0.364. The Morgan fingerprint density at radius 1 is 1.17 bits per heavy atom. The molecule has 0 saturated heterocycles. The third kappa shape index (κ3) is 4.63. The normalized spacial score (nSPS) is 18.9. The van der Waals surface area contributed by atoms with Crippen LogP contribution in [0.1, 0.15) is 18.4 Å². The molecule has 150 valence electrons. The number of phenols is 1. The largest absolute Gasteiger partial charge is 0.508 e. The molecule has 4 nitrogen and oxygen atoms in total. The number of nitrogens with two attached hydrogens (primary N) is 1. The van der Waals surface area contributed by atoms with Crippen LogP contribution in [0.5, 0.6) is 5.75 Å². The predicted octanol–water partition coefficient (Wildman–Crippen LogP) is 4.94. The van der Waals surface area contributed by atoms with E-state index in [1.807, 2.05) is 24.3 Å². The molecule has 0 spiro atoms.